The standard InChI is InChI=1S/C26H29N7O2S/c1-2-33-14-4-6-21(33)17-29-24-13-8-18(15-28-24)23-7-3-5-19-16-30-26(32-25(19)23)31-20-9-11-22(12-10-20)36(27,34)35/h3,5,7-13,15-16,21H,2,4,6,14,17H2,1H3,(H,28,29)(H2,27,34,35)(H,30,31,32). The maximum atomic E-state index is 11.5. The largest absolute Gasteiger partial charge is 0.369 e. The fraction of sp³-hybridized carbons (Fsp3) is 0.269. The fourth-order valence-electron chi connectivity index (χ4n) is 4.63. The molecule has 9 nitrogen and oxygen atoms in total. The number of hydrogen-bond donors (Lipinski definition) is 3. The number of fused-ring (bicyclic) bond motifs is 1. The summed E-state index contributed by atoms with van der Waals surface area (Å²) >= 11 is 0. The zero-order chi connectivity index (χ0) is 25.1. The molecule has 1 atom stereocenters. The van der Waals surface area contributed by atoms with Crippen molar-refractivity contribution in [3.8, 4) is 11.1 Å². The van der Waals surface area contributed by atoms with Gasteiger partial charge in [0, 0.05) is 47.2 Å². The molecule has 5 rings (SSSR count). The summed E-state index contributed by atoms with van der Waals surface area (Å²) in [4.78, 5) is 16.3. The molecule has 1 aliphatic heterocycles. The number of primary sulfonamides is 1. The Morgan fingerprint density at radius 2 is 1.89 bits per heavy atom. The zero-order valence-corrected chi connectivity index (χ0v) is 20.9. The second-order valence-corrected chi connectivity index (χ2v) is 10.4. The van der Waals surface area contributed by atoms with Gasteiger partial charge in [0.05, 0.1) is 10.4 Å². The van der Waals surface area contributed by atoms with E-state index in [4.69, 9.17) is 10.1 Å². The first kappa shape index (κ1) is 24.1. The van der Waals surface area contributed by atoms with Crippen LogP contribution in [0.25, 0.3) is 22.0 Å². The monoisotopic (exact) mass is 503 g/mol. The van der Waals surface area contributed by atoms with Crippen LogP contribution in [0.5, 0.6) is 0 Å². The highest BCUT2D eigenvalue weighted by atomic mass is 32.2. The summed E-state index contributed by atoms with van der Waals surface area (Å²) < 4.78 is 23.0. The van der Waals surface area contributed by atoms with E-state index >= 15 is 0 Å². The van der Waals surface area contributed by atoms with Crippen LogP contribution < -0.4 is 15.8 Å². The number of nitrogens with one attached hydrogen (secondary N) is 2. The maximum absolute atomic E-state index is 11.5. The van der Waals surface area contributed by atoms with Gasteiger partial charge >= 0.3 is 0 Å². The van der Waals surface area contributed by atoms with Gasteiger partial charge in [0.2, 0.25) is 16.0 Å². The predicted molar refractivity (Wildman–Crippen MR) is 143 cm³/mol. The van der Waals surface area contributed by atoms with Crippen LogP contribution in [0.15, 0.2) is 71.9 Å². The van der Waals surface area contributed by atoms with Crippen molar-refractivity contribution < 1.29 is 8.42 Å². The molecule has 1 fully saturated rings. The number of pyridine rings is 1. The summed E-state index contributed by atoms with van der Waals surface area (Å²) in [6.07, 6.45) is 6.11. The lowest BCUT2D eigenvalue weighted by atomic mass is 10.0. The highest BCUT2D eigenvalue weighted by Gasteiger charge is 2.22. The lowest BCUT2D eigenvalue weighted by Crippen LogP contribution is -2.34. The Morgan fingerprint density at radius 1 is 1.06 bits per heavy atom. The number of nitrogens with two attached hydrogens (primary N) is 1. The molecule has 0 bridgehead atoms. The lowest BCUT2D eigenvalue weighted by molar-refractivity contribution is 0.277. The summed E-state index contributed by atoms with van der Waals surface area (Å²) in [6.45, 7) is 5.37. The van der Waals surface area contributed by atoms with Crippen LogP contribution in [0, 0.1) is 0 Å². The van der Waals surface area contributed by atoms with Gasteiger partial charge < -0.3 is 10.6 Å². The van der Waals surface area contributed by atoms with Crippen LogP contribution in [0.4, 0.5) is 17.5 Å². The molecule has 186 valence electrons. The first-order chi connectivity index (χ1) is 17.4. The van der Waals surface area contributed by atoms with Gasteiger partial charge in [-0.3, -0.25) is 4.90 Å². The first-order valence-corrected chi connectivity index (χ1v) is 13.6. The highest BCUT2D eigenvalue weighted by Crippen LogP contribution is 2.28. The Labute approximate surface area is 210 Å². The molecule has 0 amide bonds. The van der Waals surface area contributed by atoms with E-state index < -0.39 is 10.0 Å². The second-order valence-electron chi connectivity index (χ2n) is 8.87. The fourth-order valence-corrected chi connectivity index (χ4v) is 5.14. The number of likely N-dealkylation sites (N-methyl/N-ethyl adjacent to an activating group) is 1. The van der Waals surface area contributed by atoms with Gasteiger partial charge in [-0.1, -0.05) is 25.1 Å². The molecule has 1 unspecified atom stereocenters. The number of anilines is 3. The number of nitrogens with zero attached hydrogens (tertiary/aromatic N) is 4. The Balaban J connectivity index is 1.34. The first-order valence-electron chi connectivity index (χ1n) is 12.0. The van der Waals surface area contributed by atoms with Crippen LogP contribution >= 0.6 is 0 Å². The molecule has 36 heavy (non-hydrogen) atoms. The molecule has 1 saturated heterocycles. The van der Waals surface area contributed by atoms with Gasteiger partial charge in [-0.15, -0.1) is 0 Å². The van der Waals surface area contributed by atoms with Crippen molar-refractivity contribution in [1.29, 1.82) is 0 Å². The molecule has 0 aliphatic carbocycles. The molecule has 0 spiro atoms. The van der Waals surface area contributed by atoms with E-state index in [1.54, 1.807) is 18.3 Å². The van der Waals surface area contributed by atoms with Crippen molar-refractivity contribution in [3.63, 3.8) is 0 Å². The summed E-state index contributed by atoms with van der Waals surface area (Å²) in [5.41, 5.74) is 3.36. The van der Waals surface area contributed by atoms with Gasteiger partial charge in [-0.2, -0.15) is 0 Å². The maximum Gasteiger partial charge on any atom is 0.238 e. The van der Waals surface area contributed by atoms with E-state index in [1.165, 1.54) is 31.5 Å². The van der Waals surface area contributed by atoms with E-state index in [9.17, 15) is 8.42 Å². The lowest BCUT2D eigenvalue weighted by Gasteiger charge is -2.23. The zero-order valence-electron chi connectivity index (χ0n) is 20.1. The van der Waals surface area contributed by atoms with E-state index in [0.717, 1.165) is 40.9 Å². The minimum Gasteiger partial charge on any atom is -0.369 e. The van der Waals surface area contributed by atoms with Crippen molar-refractivity contribution in [2.75, 3.05) is 30.3 Å². The molecule has 1 aliphatic rings. The molecule has 10 heteroatoms. The third-order valence-corrected chi connectivity index (χ3v) is 7.48. The molecule has 2 aromatic heterocycles. The number of aromatic nitrogens is 3. The molecular weight excluding hydrogens is 474 g/mol. The molecule has 4 aromatic rings. The molecule has 2 aromatic carbocycles. The van der Waals surface area contributed by atoms with Gasteiger partial charge in [0.25, 0.3) is 0 Å². The van der Waals surface area contributed by atoms with Gasteiger partial charge in [-0.25, -0.2) is 28.5 Å². The van der Waals surface area contributed by atoms with Crippen molar-refractivity contribution in [2.24, 2.45) is 5.14 Å². The normalized spacial score (nSPS) is 16.3. The molecule has 0 radical (unpaired) electrons. The quantitative estimate of drug-likeness (QED) is 0.330. The average molecular weight is 504 g/mol. The third kappa shape index (κ3) is 5.30. The number of para-hydroxylation sites is 1. The number of sulfonamides is 1. The van der Waals surface area contributed by atoms with Crippen molar-refractivity contribution in [1.82, 2.24) is 19.9 Å². The Bertz CT molecular complexity index is 1460. The number of rotatable bonds is 8. The van der Waals surface area contributed by atoms with Crippen LogP contribution in [0.2, 0.25) is 0 Å². The van der Waals surface area contributed by atoms with Gasteiger partial charge in [0.15, 0.2) is 0 Å². The van der Waals surface area contributed by atoms with Crippen molar-refractivity contribution >= 4 is 38.4 Å². The van der Waals surface area contributed by atoms with Crippen molar-refractivity contribution in [2.45, 2.75) is 30.7 Å². The number of likely N-dealkylation sites (tertiary alicyclic amines) is 1. The van der Waals surface area contributed by atoms with Crippen LogP contribution in [-0.2, 0) is 10.0 Å². The SMILES string of the molecule is CCN1CCCC1CNc1ccc(-c2cccc3cnc(Nc4ccc(S(N)(=O)=O)cc4)nc23)cn1. The third-order valence-electron chi connectivity index (χ3n) is 6.55. The highest BCUT2D eigenvalue weighted by molar-refractivity contribution is 7.89. The van der Waals surface area contributed by atoms with E-state index in [1.807, 2.05) is 30.5 Å². The van der Waals surface area contributed by atoms with E-state index in [2.05, 4.69) is 38.5 Å². The molecular formula is C26H29N7O2S. The summed E-state index contributed by atoms with van der Waals surface area (Å²) in [5.74, 6) is 1.27. The second kappa shape index (κ2) is 10.2. The molecule has 4 N–H and O–H groups in total. The number of hydrogen-bond acceptors (Lipinski definition) is 8. The Kier molecular flexibility index (Phi) is 6.82. The summed E-state index contributed by atoms with van der Waals surface area (Å²) in [7, 11) is -3.74. The Hall–Kier alpha value is -3.60. The average Bonchev–Trinajstić information content (AvgIpc) is 3.35. The molecule has 0 saturated carbocycles. The van der Waals surface area contributed by atoms with E-state index in [-0.39, 0.29) is 4.90 Å². The van der Waals surface area contributed by atoms with Crippen LogP contribution in [-0.4, -0.2) is 53.9 Å². The van der Waals surface area contributed by atoms with Gasteiger partial charge in [-0.05, 0) is 62.3 Å². The summed E-state index contributed by atoms with van der Waals surface area (Å²) in [5, 5.41) is 12.7. The van der Waals surface area contributed by atoms with E-state index in [0.29, 0.717) is 17.7 Å². The van der Waals surface area contributed by atoms with Crippen molar-refractivity contribution in [3.05, 3.63) is 67.0 Å². The minimum atomic E-state index is -3.74. The minimum absolute atomic E-state index is 0.0473. The Morgan fingerprint density at radius 3 is 2.61 bits per heavy atom. The van der Waals surface area contributed by atoms with Crippen LogP contribution in [0.3, 0.4) is 0 Å². The smallest absolute Gasteiger partial charge is 0.238 e. The molecule has 3 heterocycles. The topological polar surface area (TPSA) is 126 Å². The summed E-state index contributed by atoms with van der Waals surface area (Å²) in [6, 6.07) is 16.7. The van der Waals surface area contributed by atoms with Crippen LogP contribution in [0.1, 0.15) is 19.8 Å². The number of benzene rings is 2. The predicted octanol–water partition coefficient (Wildman–Crippen LogP) is 3.98. The van der Waals surface area contributed by atoms with Gasteiger partial charge in [0.1, 0.15) is 5.82 Å².